The summed E-state index contributed by atoms with van der Waals surface area (Å²) in [7, 11) is 1.72. The molecule has 96 valence electrons. The minimum absolute atomic E-state index is 0.0180. The van der Waals surface area contributed by atoms with Crippen LogP contribution in [0.25, 0.3) is 0 Å². The van der Waals surface area contributed by atoms with Gasteiger partial charge in [-0.2, -0.15) is 0 Å². The summed E-state index contributed by atoms with van der Waals surface area (Å²) >= 11 is 0. The third-order valence-corrected chi connectivity index (χ3v) is 2.73. The number of aromatic nitrogens is 1. The minimum atomic E-state index is -0.0180. The number of hydrogen-bond donors (Lipinski definition) is 1. The van der Waals surface area contributed by atoms with Crippen LogP contribution in [0.15, 0.2) is 18.3 Å². The van der Waals surface area contributed by atoms with Crippen LogP contribution in [-0.2, 0) is 4.74 Å². The van der Waals surface area contributed by atoms with Crippen LogP contribution in [0.5, 0.6) is 0 Å². The number of pyridine rings is 1. The average molecular weight is 237 g/mol. The lowest BCUT2D eigenvalue weighted by Crippen LogP contribution is -2.33. The molecule has 0 aliphatic carbocycles. The summed E-state index contributed by atoms with van der Waals surface area (Å²) in [6.45, 7) is 7.85. The molecule has 4 heteroatoms. The van der Waals surface area contributed by atoms with Gasteiger partial charge in [0, 0.05) is 25.7 Å². The first-order chi connectivity index (χ1) is 8.06. The molecule has 0 aliphatic rings. The zero-order valence-corrected chi connectivity index (χ0v) is 11.2. The predicted molar refractivity (Wildman–Crippen MR) is 71.2 cm³/mol. The van der Waals surface area contributed by atoms with Crippen molar-refractivity contribution in [2.24, 2.45) is 5.73 Å². The van der Waals surface area contributed by atoms with Gasteiger partial charge in [-0.3, -0.25) is 4.98 Å². The van der Waals surface area contributed by atoms with Gasteiger partial charge in [0.2, 0.25) is 0 Å². The number of ether oxygens (including phenoxy) is 1. The van der Waals surface area contributed by atoms with Crippen LogP contribution in [0.1, 0.15) is 32.5 Å². The zero-order valence-electron chi connectivity index (χ0n) is 11.2. The fourth-order valence-electron chi connectivity index (χ4n) is 1.71. The maximum Gasteiger partial charge on any atom is 0.0637 e. The quantitative estimate of drug-likeness (QED) is 0.821. The second kappa shape index (κ2) is 6.57. The average Bonchev–Trinajstić information content (AvgIpc) is 2.29. The van der Waals surface area contributed by atoms with Crippen molar-refractivity contribution < 1.29 is 4.74 Å². The number of anilines is 1. The van der Waals surface area contributed by atoms with Crippen molar-refractivity contribution in [3.63, 3.8) is 0 Å². The van der Waals surface area contributed by atoms with E-state index in [0.717, 1.165) is 17.9 Å². The zero-order chi connectivity index (χ0) is 12.8. The molecule has 1 aromatic heterocycles. The van der Waals surface area contributed by atoms with Crippen molar-refractivity contribution in [3.05, 3.63) is 24.0 Å². The highest BCUT2D eigenvalue weighted by atomic mass is 16.5. The fourth-order valence-corrected chi connectivity index (χ4v) is 1.71. The van der Waals surface area contributed by atoms with Crippen LogP contribution >= 0.6 is 0 Å². The van der Waals surface area contributed by atoms with Crippen molar-refractivity contribution in [2.45, 2.75) is 32.9 Å². The molecule has 0 saturated heterocycles. The molecule has 1 rings (SSSR count). The molecule has 17 heavy (non-hydrogen) atoms. The lowest BCUT2D eigenvalue weighted by atomic mass is 10.2. The van der Waals surface area contributed by atoms with Crippen LogP contribution in [-0.4, -0.2) is 31.3 Å². The van der Waals surface area contributed by atoms with Gasteiger partial charge in [-0.05, 0) is 32.9 Å². The molecule has 0 aromatic carbocycles. The smallest absolute Gasteiger partial charge is 0.0637 e. The molecule has 1 atom stereocenters. The summed E-state index contributed by atoms with van der Waals surface area (Å²) in [5.74, 6) is 0. The van der Waals surface area contributed by atoms with Crippen molar-refractivity contribution >= 4 is 5.69 Å². The van der Waals surface area contributed by atoms with Gasteiger partial charge in [0.15, 0.2) is 0 Å². The van der Waals surface area contributed by atoms with Crippen LogP contribution in [0.3, 0.4) is 0 Å². The third-order valence-electron chi connectivity index (χ3n) is 2.73. The number of nitrogens with two attached hydrogens (primary N) is 1. The maximum absolute atomic E-state index is 5.78. The van der Waals surface area contributed by atoms with E-state index in [4.69, 9.17) is 10.5 Å². The Morgan fingerprint density at radius 3 is 2.47 bits per heavy atom. The molecule has 0 radical (unpaired) electrons. The van der Waals surface area contributed by atoms with Crippen molar-refractivity contribution in [1.29, 1.82) is 0 Å². The maximum atomic E-state index is 5.78. The number of methoxy groups -OCH3 is 1. The molecule has 0 unspecified atom stereocenters. The van der Waals surface area contributed by atoms with Gasteiger partial charge in [-0.1, -0.05) is 0 Å². The number of hydrogen-bond acceptors (Lipinski definition) is 4. The summed E-state index contributed by atoms with van der Waals surface area (Å²) in [4.78, 5) is 6.65. The van der Waals surface area contributed by atoms with Crippen molar-refractivity contribution in [3.8, 4) is 0 Å². The molecule has 0 spiro atoms. The lowest BCUT2D eigenvalue weighted by Gasteiger charge is -2.28. The predicted octanol–water partition coefficient (Wildman–Crippen LogP) is 1.96. The molecule has 1 aromatic rings. The second-order valence-electron chi connectivity index (χ2n) is 4.51. The van der Waals surface area contributed by atoms with Crippen LogP contribution in [0.4, 0.5) is 5.69 Å². The van der Waals surface area contributed by atoms with E-state index in [1.165, 1.54) is 0 Å². The SMILES string of the molecule is COCCN(c1ccc([C@@H](C)N)nc1)C(C)C. The highest BCUT2D eigenvalue weighted by Crippen LogP contribution is 2.17. The number of nitrogens with zero attached hydrogens (tertiary/aromatic N) is 2. The summed E-state index contributed by atoms with van der Waals surface area (Å²) in [6.07, 6.45) is 1.88. The van der Waals surface area contributed by atoms with E-state index in [-0.39, 0.29) is 6.04 Å². The highest BCUT2D eigenvalue weighted by molar-refractivity contribution is 5.45. The van der Waals surface area contributed by atoms with Gasteiger partial charge in [0.05, 0.1) is 24.2 Å². The van der Waals surface area contributed by atoms with Crippen LogP contribution in [0, 0.1) is 0 Å². The Labute approximate surface area is 104 Å². The van der Waals surface area contributed by atoms with Crippen LogP contribution in [0.2, 0.25) is 0 Å². The minimum Gasteiger partial charge on any atom is -0.383 e. The Hall–Kier alpha value is -1.13. The van der Waals surface area contributed by atoms with E-state index >= 15 is 0 Å². The summed E-state index contributed by atoms with van der Waals surface area (Å²) in [6, 6.07) is 4.47. The molecule has 4 nitrogen and oxygen atoms in total. The molecule has 0 aliphatic heterocycles. The summed E-state index contributed by atoms with van der Waals surface area (Å²) < 4.78 is 5.12. The van der Waals surface area contributed by atoms with Gasteiger partial charge >= 0.3 is 0 Å². The first-order valence-electron chi connectivity index (χ1n) is 6.03. The molecule has 0 amide bonds. The van der Waals surface area contributed by atoms with E-state index < -0.39 is 0 Å². The summed E-state index contributed by atoms with van der Waals surface area (Å²) in [5.41, 5.74) is 7.82. The topological polar surface area (TPSA) is 51.4 Å². The lowest BCUT2D eigenvalue weighted by molar-refractivity contribution is 0.204. The largest absolute Gasteiger partial charge is 0.383 e. The van der Waals surface area contributed by atoms with E-state index in [0.29, 0.717) is 12.6 Å². The van der Waals surface area contributed by atoms with Crippen molar-refractivity contribution in [1.82, 2.24) is 4.98 Å². The van der Waals surface area contributed by atoms with E-state index in [2.05, 4.69) is 29.8 Å². The standard InChI is InChI=1S/C13H23N3O/c1-10(2)16(7-8-17-4)12-5-6-13(11(3)14)15-9-12/h5-6,9-11H,7-8,14H2,1-4H3/t11-/m1/s1. The Morgan fingerprint density at radius 1 is 1.35 bits per heavy atom. The third kappa shape index (κ3) is 3.98. The molecule has 2 N–H and O–H groups in total. The molecule has 0 saturated carbocycles. The monoisotopic (exact) mass is 237 g/mol. The Balaban J connectivity index is 2.80. The van der Waals surface area contributed by atoms with Gasteiger partial charge in [0.1, 0.15) is 0 Å². The van der Waals surface area contributed by atoms with Crippen molar-refractivity contribution in [2.75, 3.05) is 25.2 Å². The van der Waals surface area contributed by atoms with Crippen LogP contribution < -0.4 is 10.6 Å². The number of rotatable bonds is 6. The normalized spacial score (nSPS) is 12.8. The van der Waals surface area contributed by atoms with E-state index in [9.17, 15) is 0 Å². The summed E-state index contributed by atoms with van der Waals surface area (Å²) in [5, 5.41) is 0. The Morgan fingerprint density at radius 2 is 2.06 bits per heavy atom. The van der Waals surface area contributed by atoms with Gasteiger partial charge in [0.25, 0.3) is 0 Å². The second-order valence-corrected chi connectivity index (χ2v) is 4.51. The first kappa shape index (κ1) is 13.9. The Kier molecular flexibility index (Phi) is 5.38. The molecular weight excluding hydrogens is 214 g/mol. The van der Waals surface area contributed by atoms with Gasteiger partial charge < -0.3 is 15.4 Å². The first-order valence-corrected chi connectivity index (χ1v) is 6.03. The molecular formula is C13H23N3O. The Bertz CT molecular complexity index is 322. The fraction of sp³-hybridized carbons (Fsp3) is 0.615. The molecule has 0 bridgehead atoms. The van der Waals surface area contributed by atoms with E-state index in [1.807, 2.05) is 19.2 Å². The highest BCUT2D eigenvalue weighted by Gasteiger charge is 2.11. The van der Waals surface area contributed by atoms with E-state index in [1.54, 1.807) is 7.11 Å². The van der Waals surface area contributed by atoms with Gasteiger partial charge in [-0.25, -0.2) is 0 Å². The molecule has 1 heterocycles. The molecule has 0 fully saturated rings. The van der Waals surface area contributed by atoms with Gasteiger partial charge in [-0.15, -0.1) is 0 Å².